The summed E-state index contributed by atoms with van der Waals surface area (Å²) in [5, 5.41) is 0. The van der Waals surface area contributed by atoms with Crippen LogP contribution in [-0.2, 0) is 0 Å². The molecule has 0 aliphatic carbocycles. The van der Waals surface area contributed by atoms with E-state index in [2.05, 4.69) is 16.1 Å². The number of fused-ring (bicyclic) bond motifs is 1. The van der Waals surface area contributed by atoms with Crippen molar-refractivity contribution in [3.8, 4) is 0 Å². The topological polar surface area (TPSA) is 15.6 Å². The van der Waals surface area contributed by atoms with Crippen molar-refractivity contribution >= 4 is 6.21 Å². The minimum absolute atomic E-state index is 0.762. The molecule has 1 unspecified atom stereocenters. The van der Waals surface area contributed by atoms with Gasteiger partial charge < -0.3 is 0 Å². The normalized spacial score (nSPS) is 31.0. The second kappa shape index (κ2) is 5.50. The molecule has 0 N–H and O–H groups in total. The lowest BCUT2D eigenvalue weighted by atomic mass is 10.0. The average Bonchev–Trinajstić information content (AvgIpc) is 2.25. The van der Waals surface area contributed by atoms with Gasteiger partial charge in [0.2, 0.25) is 0 Å². The first kappa shape index (κ1) is 10.2. The third kappa shape index (κ3) is 2.81. The van der Waals surface area contributed by atoms with Crippen LogP contribution in [0.4, 0.5) is 0 Å². The Balaban J connectivity index is 1.92. The molecule has 2 rings (SSSR count). The zero-order chi connectivity index (χ0) is 9.64. The predicted molar refractivity (Wildman–Crippen MR) is 61.0 cm³/mol. The zero-order valence-corrected chi connectivity index (χ0v) is 9.12. The number of aliphatic imine (C=N–C) groups is 1. The van der Waals surface area contributed by atoms with Crippen molar-refractivity contribution in [2.24, 2.45) is 4.99 Å². The first-order chi connectivity index (χ1) is 6.97. The molecule has 1 saturated heterocycles. The van der Waals surface area contributed by atoms with Gasteiger partial charge in [0, 0.05) is 6.04 Å². The van der Waals surface area contributed by atoms with Crippen molar-refractivity contribution < 1.29 is 0 Å². The Hall–Kier alpha value is -0.370. The van der Waals surface area contributed by atoms with Crippen LogP contribution in [-0.4, -0.2) is 36.8 Å². The number of hydrogen-bond acceptors (Lipinski definition) is 2. The molecule has 2 aliphatic rings. The number of hydrogen-bond donors (Lipinski definition) is 0. The lowest BCUT2D eigenvalue weighted by Gasteiger charge is -2.35. The highest BCUT2D eigenvalue weighted by Crippen LogP contribution is 2.18. The first-order valence-electron chi connectivity index (χ1n) is 6.19. The van der Waals surface area contributed by atoms with Gasteiger partial charge in [0.25, 0.3) is 0 Å². The molecular formula is C12H22N2. The molecule has 0 saturated carbocycles. The van der Waals surface area contributed by atoms with Gasteiger partial charge in [0.05, 0.1) is 6.54 Å². The van der Waals surface area contributed by atoms with Gasteiger partial charge >= 0.3 is 0 Å². The van der Waals surface area contributed by atoms with Crippen molar-refractivity contribution in [2.75, 3.05) is 19.6 Å². The van der Waals surface area contributed by atoms with Gasteiger partial charge in [0.15, 0.2) is 0 Å². The van der Waals surface area contributed by atoms with E-state index in [0.717, 1.165) is 12.6 Å². The molecule has 0 aromatic rings. The second-order valence-corrected chi connectivity index (χ2v) is 4.58. The monoisotopic (exact) mass is 194 g/mol. The van der Waals surface area contributed by atoms with Crippen molar-refractivity contribution in [3.63, 3.8) is 0 Å². The largest absolute Gasteiger partial charge is 0.299 e. The van der Waals surface area contributed by atoms with E-state index in [-0.39, 0.29) is 0 Å². The van der Waals surface area contributed by atoms with Crippen molar-refractivity contribution in [1.29, 1.82) is 0 Å². The summed E-state index contributed by atoms with van der Waals surface area (Å²) in [4.78, 5) is 7.22. The molecule has 2 heterocycles. The van der Waals surface area contributed by atoms with E-state index in [0.29, 0.717) is 0 Å². The molecule has 0 aromatic heterocycles. The maximum atomic E-state index is 4.55. The van der Waals surface area contributed by atoms with E-state index >= 15 is 0 Å². The van der Waals surface area contributed by atoms with Gasteiger partial charge in [0.1, 0.15) is 0 Å². The Morgan fingerprint density at radius 1 is 1.00 bits per heavy atom. The van der Waals surface area contributed by atoms with Crippen LogP contribution in [0, 0.1) is 0 Å². The maximum absolute atomic E-state index is 4.55. The maximum Gasteiger partial charge on any atom is 0.0541 e. The van der Waals surface area contributed by atoms with E-state index in [9.17, 15) is 0 Å². The number of nitrogens with zero attached hydrogens (tertiary/aromatic N) is 2. The lowest BCUT2D eigenvalue weighted by Crippen LogP contribution is -2.42. The summed E-state index contributed by atoms with van der Waals surface area (Å²) in [5.74, 6) is 0. The van der Waals surface area contributed by atoms with Crippen molar-refractivity contribution in [3.05, 3.63) is 0 Å². The molecule has 1 atom stereocenters. The van der Waals surface area contributed by atoms with E-state index in [4.69, 9.17) is 0 Å². The lowest BCUT2D eigenvalue weighted by molar-refractivity contribution is 0.150. The van der Waals surface area contributed by atoms with Crippen LogP contribution in [0.15, 0.2) is 4.99 Å². The van der Waals surface area contributed by atoms with Gasteiger partial charge in [-0.2, -0.15) is 0 Å². The molecule has 0 spiro atoms. The van der Waals surface area contributed by atoms with E-state index in [1.54, 1.807) is 0 Å². The third-order valence-corrected chi connectivity index (χ3v) is 3.47. The van der Waals surface area contributed by atoms with E-state index in [1.165, 1.54) is 58.0 Å². The van der Waals surface area contributed by atoms with E-state index in [1.807, 2.05) is 0 Å². The Bertz CT molecular complexity index is 189. The molecule has 0 amide bonds. The van der Waals surface area contributed by atoms with Crippen molar-refractivity contribution in [1.82, 2.24) is 4.90 Å². The van der Waals surface area contributed by atoms with Crippen LogP contribution in [0.25, 0.3) is 0 Å². The standard InChI is InChI=1S/C12H22N2/c1-2-5-9-14-10-6-3-7-12(14)11-13-8-4-1/h8,12H,1-7,9-11H2. The predicted octanol–water partition coefficient (Wildman–Crippen LogP) is 2.49. The number of rotatable bonds is 0. The minimum Gasteiger partial charge on any atom is -0.299 e. The molecule has 2 heteroatoms. The molecule has 2 aliphatic heterocycles. The van der Waals surface area contributed by atoms with Crippen LogP contribution >= 0.6 is 0 Å². The van der Waals surface area contributed by atoms with Crippen LogP contribution in [0.5, 0.6) is 0 Å². The summed E-state index contributed by atoms with van der Waals surface area (Å²) >= 11 is 0. The quantitative estimate of drug-likeness (QED) is 0.578. The molecule has 80 valence electrons. The highest BCUT2D eigenvalue weighted by atomic mass is 15.2. The van der Waals surface area contributed by atoms with E-state index < -0.39 is 0 Å². The Labute approximate surface area is 87.4 Å². The fraction of sp³-hybridized carbons (Fsp3) is 0.917. The number of piperidine rings is 1. The van der Waals surface area contributed by atoms with Crippen LogP contribution < -0.4 is 0 Å². The second-order valence-electron chi connectivity index (χ2n) is 4.58. The molecule has 0 radical (unpaired) electrons. The molecule has 0 aromatic carbocycles. The summed E-state index contributed by atoms with van der Waals surface area (Å²) in [6, 6.07) is 0.762. The molecule has 14 heavy (non-hydrogen) atoms. The highest BCUT2D eigenvalue weighted by Gasteiger charge is 2.21. The summed E-state index contributed by atoms with van der Waals surface area (Å²) in [6.45, 7) is 3.69. The SMILES string of the molecule is C1=NCC2CCCCN2CCCCC1. The third-order valence-electron chi connectivity index (χ3n) is 3.47. The first-order valence-corrected chi connectivity index (χ1v) is 6.19. The molecule has 1 fully saturated rings. The molecule has 0 bridgehead atoms. The zero-order valence-electron chi connectivity index (χ0n) is 9.12. The summed E-state index contributed by atoms with van der Waals surface area (Å²) in [6.07, 6.45) is 11.7. The Morgan fingerprint density at radius 2 is 1.86 bits per heavy atom. The van der Waals surface area contributed by atoms with Crippen LogP contribution in [0.2, 0.25) is 0 Å². The van der Waals surface area contributed by atoms with Gasteiger partial charge in [-0.1, -0.05) is 12.8 Å². The molecular weight excluding hydrogens is 172 g/mol. The smallest absolute Gasteiger partial charge is 0.0541 e. The Morgan fingerprint density at radius 3 is 2.79 bits per heavy atom. The average molecular weight is 194 g/mol. The fourth-order valence-corrected chi connectivity index (χ4v) is 2.58. The van der Waals surface area contributed by atoms with Crippen LogP contribution in [0.3, 0.4) is 0 Å². The summed E-state index contributed by atoms with van der Waals surface area (Å²) in [5.41, 5.74) is 0. The summed E-state index contributed by atoms with van der Waals surface area (Å²) < 4.78 is 0. The summed E-state index contributed by atoms with van der Waals surface area (Å²) in [7, 11) is 0. The van der Waals surface area contributed by atoms with Gasteiger partial charge in [-0.15, -0.1) is 0 Å². The highest BCUT2D eigenvalue weighted by molar-refractivity contribution is 5.57. The van der Waals surface area contributed by atoms with Gasteiger partial charge in [-0.05, 0) is 51.4 Å². The van der Waals surface area contributed by atoms with Gasteiger partial charge in [-0.3, -0.25) is 9.89 Å². The molecule has 2 nitrogen and oxygen atoms in total. The van der Waals surface area contributed by atoms with Crippen LogP contribution in [0.1, 0.15) is 44.9 Å². The Kier molecular flexibility index (Phi) is 3.99. The van der Waals surface area contributed by atoms with Gasteiger partial charge in [-0.25, -0.2) is 0 Å². The fourth-order valence-electron chi connectivity index (χ4n) is 2.58. The minimum atomic E-state index is 0.762. The van der Waals surface area contributed by atoms with Crippen molar-refractivity contribution in [2.45, 2.75) is 51.0 Å².